The van der Waals surface area contributed by atoms with Crippen LogP contribution in [0, 0.1) is 29.1 Å². The van der Waals surface area contributed by atoms with Crippen molar-refractivity contribution in [2.75, 3.05) is 19.7 Å². The number of carbonyl (C=O) groups is 4. The largest absolute Gasteiger partial charge is 0.416 e. The summed E-state index contributed by atoms with van der Waals surface area (Å²) in [5.41, 5.74) is 1.16. The number of hydrogen-bond acceptors (Lipinski definition) is 5. The number of fused-ring (bicyclic) bond motifs is 4. The number of allylic oxidation sites excluding steroid dienone is 2. The van der Waals surface area contributed by atoms with E-state index in [-0.39, 0.29) is 65.4 Å². The predicted molar refractivity (Wildman–Crippen MR) is 162 cm³/mol. The lowest BCUT2D eigenvalue weighted by atomic mass is 9.76. The highest BCUT2D eigenvalue weighted by Crippen LogP contribution is 2.62. The number of amides is 4. The average molecular weight is 583 g/mol. The smallest absolute Gasteiger partial charge is 0.261 e. The second kappa shape index (κ2) is 9.71. The van der Waals surface area contributed by atoms with Crippen LogP contribution in [0.1, 0.15) is 62.2 Å². The van der Waals surface area contributed by atoms with Crippen molar-refractivity contribution in [1.82, 2.24) is 9.80 Å². The third kappa shape index (κ3) is 4.02. The third-order valence-electron chi connectivity index (χ3n) is 10.7. The molecule has 4 aliphatic rings. The van der Waals surface area contributed by atoms with E-state index in [1.54, 1.807) is 48.5 Å². The van der Waals surface area contributed by atoms with E-state index in [0.717, 1.165) is 0 Å². The highest BCUT2D eigenvalue weighted by Gasteiger charge is 2.62. The molecule has 0 N–H and O–H groups in total. The van der Waals surface area contributed by atoms with E-state index in [1.165, 1.54) is 9.80 Å². The molecule has 2 aromatic rings. The van der Waals surface area contributed by atoms with Crippen molar-refractivity contribution < 1.29 is 23.6 Å². The van der Waals surface area contributed by atoms with Gasteiger partial charge in [0.1, 0.15) is 0 Å². The number of hydrogen-bond donors (Lipinski definition) is 0. The van der Waals surface area contributed by atoms with Gasteiger partial charge < -0.3 is 4.43 Å². The standard InChI is InChI=1S/C34H38N2O5Si/c1-7-34(20-41-42(5,6)33(2,3)4)27-16-17-28(34)26(19-36-31(39)23-14-10-11-15-24(23)32(36)40)25(27)18-35-29(37)21-12-8-9-13-22(21)30(35)38/h7-17,25-28H,1,18-20H2,2-6H3/t25-,26-,27-,28+,34?/m1/s1. The first kappa shape index (κ1) is 28.5. The molecule has 1 unspecified atom stereocenters. The number of rotatable bonds is 8. The molecule has 2 bridgehead atoms. The zero-order chi connectivity index (χ0) is 30.2. The second-order valence-electron chi connectivity index (χ2n) is 13.7. The molecular weight excluding hydrogens is 544 g/mol. The molecule has 8 heteroatoms. The van der Waals surface area contributed by atoms with Gasteiger partial charge in [-0.3, -0.25) is 29.0 Å². The summed E-state index contributed by atoms with van der Waals surface area (Å²) in [6.45, 7) is 16.2. The first-order valence-corrected chi connectivity index (χ1v) is 17.6. The molecule has 6 rings (SSSR count). The Balaban J connectivity index is 1.36. The van der Waals surface area contributed by atoms with Crippen molar-refractivity contribution in [1.29, 1.82) is 0 Å². The van der Waals surface area contributed by atoms with Gasteiger partial charge in [0.15, 0.2) is 8.32 Å². The maximum atomic E-state index is 13.4. The molecule has 0 saturated heterocycles. The van der Waals surface area contributed by atoms with Gasteiger partial charge in [0, 0.05) is 25.1 Å². The molecule has 2 aromatic carbocycles. The highest BCUT2D eigenvalue weighted by atomic mass is 28.4. The van der Waals surface area contributed by atoms with Gasteiger partial charge in [-0.2, -0.15) is 0 Å². The van der Waals surface area contributed by atoms with Crippen LogP contribution in [0.5, 0.6) is 0 Å². The summed E-state index contributed by atoms with van der Waals surface area (Å²) in [7, 11) is -2.13. The minimum Gasteiger partial charge on any atom is -0.416 e. The summed E-state index contributed by atoms with van der Waals surface area (Å²) in [5, 5.41) is 0.0135. The van der Waals surface area contributed by atoms with E-state index in [9.17, 15) is 19.2 Å². The molecule has 2 heterocycles. The molecule has 1 saturated carbocycles. The van der Waals surface area contributed by atoms with Crippen LogP contribution in [-0.4, -0.2) is 61.4 Å². The SMILES string of the molecule is C=CC1(CO[Si](C)(C)C(C)(C)C)[C@@H]2C=C[C@H]1[C@H](CN1C(=O)c3ccccc3C1=O)[C@H]2CN1C(=O)c2ccccc2C1=O. The number of benzene rings is 2. The maximum Gasteiger partial charge on any atom is 0.261 e. The molecule has 218 valence electrons. The van der Waals surface area contributed by atoms with Crippen molar-refractivity contribution in [3.63, 3.8) is 0 Å². The van der Waals surface area contributed by atoms with E-state index >= 15 is 0 Å². The average Bonchev–Trinajstić information content (AvgIpc) is 3.60. The van der Waals surface area contributed by atoms with Gasteiger partial charge in [-0.15, -0.1) is 6.58 Å². The van der Waals surface area contributed by atoms with Gasteiger partial charge in [0.25, 0.3) is 23.6 Å². The molecule has 7 nitrogen and oxygen atoms in total. The van der Waals surface area contributed by atoms with E-state index < -0.39 is 13.7 Å². The lowest BCUT2D eigenvalue weighted by Crippen LogP contribution is -2.45. The maximum absolute atomic E-state index is 13.4. The molecule has 2 aliphatic carbocycles. The van der Waals surface area contributed by atoms with Crippen molar-refractivity contribution in [2.24, 2.45) is 29.1 Å². The summed E-state index contributed by atoms with van der Waals surface area (Å²) in [6.07, 6.45) is 6.32. The van der Waals surface area contributed by atoms with Crippen LogP contribution in [0.25, 0.3) is 0 Å². The minimum atomic E-state index is -2.13. The molecule has 42 heavy (non-hydrogen) atoms. The number of imide groups is 2. The molecule has 0 spiro atoms. The Kier molecular flexibility index (Phi) is 6.59. The van der Waals surface area contributed by atoms with Crippen molar-refractivity contribution in [3.8, 4) is 0 Å². The van der Waals surface area contributed by atoms with Crippen LogP contribution in [0.3, 0.4) is 0 Å². The molecule has 5 atom stereocenters. The van der Waals surface area contributed by atoms with Gasteiger partial charge in [-0.1, -0.05) is 63.3 Å². The van der Waals surface area contributed by atoms with Gasteiger partial charge in [0.2, 0.25) is 0 Å². The van der Waals surface area contributed by atoms with Crippen LogP contribution in [0.15, 0.2) is 73.3 Å². The van der Waals surface area contributed by atoms with Crippen LogP contribution in [0.4, 0.5) is 0 Å². The molecule has 4 amide bonds. The summed E-state index contributed by atoms with van der Waals surface area (Å²) in [6, 6.07) is 13.8. The summed E-state index contributed by atoms with van der Waals surface area (Å²) in [5.74, 6) is -1.73. The fourth-order valence-electron chi connectivity index (χ4n) is 7.21. The van der Waals surface area contributed by atoms with E-state index in [4.69, 9.17) is 4.43 Å². The summed E-state index contributed by atoms with van der Waals surface area (Å²) in [4.78, 5) is 56.4. The quantitative estimate of drug-likeness (QED) is 0.223. The second-order valence-corrected chi connectivity index (χ2v) is 18.5. The predicted octanol–water partition coefficient (Wildman–Crippen LogP) is 5.82. The first-order chi connectivity index (χ1) is 19.8. The summed E-state index contributed by atoms with van der Waals surface area (Å²) >= 11 is 0. The fourth-order valence-corrected chi connectivity index (χ4v) is 8.25. The first-order valence-electron chi connectivity index (χ1n) is 14.7. The van der Waals surface area contributed by atoms with Crippen LogP contribution < -0.4 is 0 Å². The Morgan fingerprint density at radius 3 is 1.43 bits per heavy atom. The van der Waals surface area contributed by atoms with Crippen LogP contribution in [0.2, 0.25) is 18.1 Å². The number of nitrogens with zero attached hydrogens (tertiary/aromatic N) is 2. The minimum absolute atomic E-state index is 0.0135. The van der Waals surface area contributed by atoms with Crippen molar-refractivity contribution in [3.05, 3.63) is 95.6 Å². The number of carbonyl (C=O) groups excluding carboxylic acids is 4. The van der Waals surface area contributed by atoms with Crippen molar-refractivity contribution >= 4 is 31.9 Å². The van der Waals surface area contributed by atoms with Gasteiger partial charge >= 0.3 is 0 Å². The zero-order valence-corrected chi connectivity index (χ0v) is 25.9. The van der Waals surface area contributed by atoms with Gasteiger partial charge in [-0.05, 0) is 66.1 Å². The Bertz CT molecular complexity index is 1390. The third-order valence-corrected chi connectivity index (χ3v) is 15.1. The normalized spacial score (nSPS) is 28.2. The molecule has 2 aliphatic heterocycles. The van der Waals surface area contributed by atoms with E-state index in [0.29, 0.717) is 28.9 Å². The lowest BCUT2D eigenvalue weighted by Gasteiger charge is -2.41. The van der Waals surface area contributed by atoms with Gasteiger partial charge in [0.05, 0.1) is 22.3 Å². The fraction of sp³-hybridized carbons (Fsp3) is 0.412. The zero-order valence-electron chi connectivity index (χ0n) is 24.9. The van der Waals surface area contributed by atoms with E-state index in [2.05, 4.69) is 52.6 Å². The topological polar surface area (TPSA) is 84.0 Å². The Hall–Kier alpha value is -3.62. The van der Waals surface area contributed by atoms with Crippen molar-refractivity contribution in [2.45, 2.75) is 38.9 Å². The Labute approximate surface area is 248 Å². The molecule has 0 aromatic heterocycles. The molecule has 0 radical (unpaired) electrons. The summed E-state index contributed by atoms with van der Waals surface area (Å²) < 4.78 is 6.81. The molecule has 1 fully saturated rings. The Morgan fingerprint density at radius 2 is 1.12 bits per heavy atom. The van der Waals surface area contributed by atoms with Gasteiger partial charge in [-0.25, -0.2) is 0 Å². The van der Waals surface area contributed by atoms with Crippen LogP contribution >= 0.6 is 0 Å². The lowest BCUT2D eigenvalue weighted by molar-refractivity contribution is 0.0528. The monoisotopic (exact) mass is 582 g/mol. The van der Waals surface area contributed by atoms with Crippen LogP contribution in [-0.2, 0) is 4.43 Å². The van der Waals surface area contributed by atoms with E-state index in [1.807, 2.05) is 6.08 Å². The molecular formula is C34H38N2O5Si. The highest BCUT2D eigenvalue weighted by molar-refractivity contribution is 6.74. The Morgan fingerprint density at radius 1 is 0.762 bits per heavy atom.